The van der Waals surface area contributed by atoms with Gasteiger partial charge < -0.3 is 11.5 Å². The number of nitrogen functional groups attached to an aromatic ring is 2. The molecule has 2 aromatic carbocycles. The molecule has 0 aliphatic rings. The van der Waals surface area contributed by atoms with Gasteiger partial charge in [-0.25, -0.2) is 0 Å². The lowest BCUT2D eigenvalue weighted by Gasteiger charge is -2.14. The van der Waals surface area contributed by atoms with E-state index in [1.807, 2.05) is 24.3 Å². The number of benzene rings is 2. The molecular formula is C17H24N2. The van der Waals surface area contributed by atoms with Crippen LogP contribution in [0.3, 0.4) is 0 Å². The number of hydrogen-bond donors (Lipinski definition) is 2. The van der Waals surface area contributed by atoms with Gasteiger partial charge in [-0.2, -0.15) is 0 Å². The van der Waals surface area contributed by atoms with Crippen LogP contribution in [0, 0.1) is 0 Å². The first kappa shape index (κ1) is 15.1. The van der Waals surface area contributed by atoms with Gasteiger partial charge >= 0.3 is 0 Å². The van der Waals surface area contributed by atoms with Crippen molar-refractivity contribution in [2.75, 3.05) is 11.5 Å². The van der Waals surface area contributed by atoms with Crippen LogP contribution >= 0.6 is 0 Å². The summed E-state index contributed by atoms with van der Waals surface area (Å²) in [6.45, 7) is 4.22. The summed E-state index contributed by atoms with van der Waals surface area (Å²) in [6.07, 6.45) is 1.88. The van der Waals surface area contributed by atoms with E-state index in [1.165, 1.54) is 11.1 Å². The van der Waals surface area contributed by atoms with Crippen LogP contribution in [-0.2, 0) is 12.8 Å². The first-order valence-corrected chi connectivity index (χ1v) is 6.44. The molecule has 0 radical (unpaired) electrons. The Morgan fingerprint density at radius 2 is 1.11 bits per heavy atom. The SMILES string of the molecule is C.CCc1cccc(-c2cccc(CC)c2N)c1N. The van der Waals surface area contributed by atoms with E-state index in [1.54, 1.807) is 0 Å². The fraction of sp³-hybridized carbons (Fsp3) is 0.294. The lowest BCUT2D eigenvalue weighted by Crippen LogP contribution is -2.00. The van der Waals surface area contributed by atoms with Crippen LogP contribution in [0.25, 0.3) is 11.1 Å². The molecule has 2 heteroatoms. The zero-order chi connectivity index (χ0) is 13.1. The molecule has 0 unspecified atom stereocenters. The van der Waals surface area contributed by atoms with Gasteiger partial charge in [0.15, 0.2) is 0 Å². The van der Waals surface area contributed by atoms with Gasteiger partial charge in [-0.05, 0) is 24.0 Å². The van der Waals surface area contributed by atoms with E-state index in [9.17, 15) is 0 Å². The molecule has 2 aromatic rings. The Balaban J connectivity index is 0.00000180. The molecule has 0 heterocycles. The van der Waals surface area contributed by atoms with Gasteiger partial charge in [-0.1, -0.05) is 57.7 Å². The van der Waals surface area contributed by atoms with E-state index in [0.717, 1.165) is 35.3 Å². The molecule has 4 N–H and O–H groups in total. The van der Waals surface area contributed by atoms with E-state index < -0.39 is 0 Å². The van der Waals surface area contributed by atoms with Crippen molar-refractivity contribution in [2.24, 2.45) is 0 Å². The number of aryl methyl sites for hydroxylation is 2. The number of anilines is 2. The summed E-state index contributed by atoms with van der Waals surface area (Å²) < 4.78 is 0. The molecule has 0 amide bonds. The Morgan fingerprint density at radius 1 is 0.737 bits per heavy atom. The molecule has 0 fully saturated rings. The predicted molar refractivity (Wildman–Crippen MR) is 86.2 cm³/mol. The normalized spacial score (nSPS) is 10.0. The summed E-state index contributed by atoms with van der Waals surface area (Å²) in [5, 5.41) is 0. The van der Waals surface area contributed by atoms with Crippen LogP contribution in [0.4, 0.5) is 11.4 Å². The Hall–Kier alpha value is -1.96. The van der Waals surface area contributed by atoms with Gasteiger partial charge in [-0.3, -0.25) is 0 Å². The van der Waals surface area contributed by atoms with Crippen molar-refractivity contribution >= 4 is 11.4 Å². The largest absolute Gasteiger partial charge is 0.398 e. The molecule has 102 valence electrons. The van der Waals surface area contributed by atoms with Crippen molar-refractivity contribution in [3.8, 4) is 11.1 Å². The lowest BCUT2D eigenvalue weighted by atomic mass is 9.95. The predicted octanol–water partition coefficient (Wildman–Crippen LogP) is 4.28. The van der Waals surface area contributed by atoms with Crippen LogP contribution in [0.1, 0.15) is 32.4 Å². The molecule has 0 atom stereocenters. The average Bonchev–Trinajstić information content (AvgIpc) is 2.40. The minimum Gasteiger partial charge on any atom is -0.398 e. The van der Waals surface area contributed by atoms with Gasteiger partial charge in [0.2, 0.25) is 0 Å². The summed E-state index contributed by atoms with van der Waals surface area (Å²) in [7, 11) is 0. The van der Waals surface area contributed by atoms with Crippen LogP contribution < -0.4 is 11.5 Å². The van der Waals surface area contributed by atoms with Gasteiger partial charge in [-0.15, -0.1) is 0 Å². The summed E-state index contributed by atoms with van der Waals surface area (Å²) in [5.74, 6) is 0. The van der Waals surface area contributed by atoms with Crippen molar-refractivity contribution in [3.63, 3.8) is 0 Å². The maximum Gasteiger partial charge on any atom is 0.0426 e. The third kappa shape index (κ3) is 2.73. The summed E-state index contributed by atoms with van der Waals surface area (Å²) in [4.78, 5) is 0. The van der Waals surface area contributed by atoms with Crippen LogP contribution in [0.5, 0.6) is 0 Å². The first-order valence-electron chi connectivity index (χ1n) is 6.44. The zero-order valence-electron chi connectivity index (χ0n) is 11.0. The van der Waals surface area contributed by atoms with Crippen LogP contribution in [-0.4, -0.2) is 0 Å². The highest BCUT2D eigenvalue weighted by Crippen LogP contribution is 2.34. The molecule has 0 saturated carbocycles. The molecule has 2 nitrogen and oxygen atoms in total. The maximum absolute atomic E-state index is 6.23. The molecular weight excluding hydrogens is 232 g/mol. The van der Waals surface area contributed by atoms with E-state index in [-0.39, 0.29) is 7.43 Å². The third-order valence-electron chi connectivity index (χ3n) is 3.44. The van der Waals surface area contributed by atoms with Gasteiger partial charge in [0.05, 0.1) is 0 Å². The fourth-order valence-electron chi connectivity index (χ4n) is 2.31. The van der Waals surface area contributed by atoms with Gasteiger partial charge in [0, 0.05) is 22.5 Å². The van der Waals surface area contributed by atoms with Crippen LogP contribution in [0.15, 0.2) is 36.4 Å². The molecule has 0 bridgehead atoms. The van der Waals surface area contributed by atoms with E-state index >= 15 is 0 Å². The smallest absolute Gasteiger partial charge is 0.0426 e. The van der Waals surface area contributed by atoms with E-state index in [4.69, 9.17) is 11.5 Å². The van der Waals surface area contributed by atoms with Crippen molar-refractivity contribution in [1.29, 1.82) is 0 Å². The second kappa shape index (κ2) is 6.28. The van der Waals surface area contributed by atoms with Crippen molar-refractivity contribution in [2.45, 2.75) is 34.1 Å². The molecule has 0 aliphatic carbocycles. The summed E-state index contributed by atoms with van der Waals surface area (Å²) in [6, 6.07) is 12.3. The van der Waals surface area contributed by atoms with Gasteiger partial charge in [0.1, 0.15) is 0 Å². The van der Waals surface area contributed by atoms with Crippen molar-refractivity contribution in [1.82, 2.24) is 0 Å². The topological polar surface area (TPSA) is 52.0 Å². The zero-order valence-corrected chi connectivity index (χ0v) is 11.0. The Bertz CT molecular complexity index is 508. The quantitative estimate of drug-likeness (QED) is 0.805. The molecule has 19 heavy (non-hydrogen) atoms. The van der Waals surface area contributed by atoms with Crippen LogP contribution in [0.2, 0.25) is 0 Å². The second-order valence-electron chi connectivity index (χ2n) is 4.46. The number of para-hydroxylation sites is 2. The minimum atomic E-state index is 0. The first-order chi connectivity index (χ1) is 8.69. The Morgan fingerprint density at radius 3 is 1.42 bits per heavy atom. The second-order valence-corrected chi connectivity index (χ2v) is 4.46. The van der Waals surface area contributed by atoms with Crippen molar-refractivity contribution < 1.29 is 0 Å². The molecule has 0 aliphatic heterocycles. The summed E-state index contributed by atoms with van der Waals surface area (Å²) >= 11 is 0. The van der Waals surface area contributed by atoms with Gasteiger partial charge in [0.25, 0.3) is 0 Å². The summed E-state index contributed by atoms with van der Waals surface area (Å²) in [5.41, 5.74) is 18.6. The fourth-order valence-corrected chi connectivity index (χ4v) is 2.31. The highest BCUT2D eigenvalue weighted by atomic mass is 14.6. The number of hydrogen-bond acceptors (Lipinski definition) is 2. The number of rotatable bonds is 3. The maximum atomic E-state index is 6.23. The Labute approximate surface area is 116 Å². The molecule has 0 saturated heterocycles. The molecule has 2 rings (SSSR count). The molecule has 0 spiro atoms. The lowest BCUT2D eigenvalue weighted by molar-refractivity contribution is 1.14. The molecule has 0 aromatic heterocycles. The minimum absolute atomic E-state index is 0. The highest BCUT2D eigenvalue weighted by molar-refractivity contribution is 5.86. The number of nitrogens with two attached hydrogens (primary N) is 2. The standard InChI is InChI=1S/C16H20N2.CH4/c1-3-11-7-5-9-13(15(11)17)14-10-6-8-12(4-2)16(14)18;/h5-10H,3-4,17-18H2,1-2H3;1H4. The van der Waals surface area contributed by atoms with E-state index in [0.29, 0.717) is 0 Å². The highest BCUT2D eigenvalue weighted by Gasteiger charge is 2.10. The Kier molecular flexibility index (Phi) is 4.99. The van der Waals surface area contributed by atoms with E-state index in [2.05, 4.69) is 26.0 Å². The van der Waals surface area contributed by atoms with Crippen molar-refractivity contribution in [3.05, 3.63) is 47.5 Å². The average molecular weight is 256 g/mol. The third-order valence-corrected chi connectivity index (χ3v) is 3.44. The monoisotopic (exact) mass is 256 g/mol.